The van der Waals surface area contributed by atoms with Crippen molar-refractivity contribution < 1.29 is 4.79 Å². The maximum Gasteiger partial charge on any atom is 0.239 e. The van der Waals surface area contributed by atoms with E-state index in [0.717, 1.165) is 36.3 Å². The lowest BCUT2D eigenvalue weighted by molar-refractivity contribution is -0.135. The van der Waals surface area contributed by atoms with Gasteiger partial charge in [0.25, 0.3) is 0 Å². The summed E-state index contributed by atoms with van der Waals surface area (Å²) < 4.78 is 1.86. The third kappa shape index (κ3) is 2.20. The van der Waals surface area contributed by atoms with E-state index in [1.165, 1.54) is 0 Å². The highest BCUT2D eigenvalue weighted by atomic mass is 16.2. The average Bonchev–Trinajstić information content (AvgIpc) is 2.51. The molecule has 0 spiro atoms. The number of nitrogens with zero attached hydrogens (tertiary/aromatic N) is 3. The van der Waals surface area contributed by atoms with Gasteiger partial charge in [0.15, 0.2) is 0 Å². The van der Waals surface area contributed by atoms with Crippen LogP contribution in [0.25, 0.3) is 0 Å². The molecule has 1 aliphatic heterocycles. The van der Waals surface area contributed by atoms with E-state index in [2.05, 4.69) is 5.10 Å². The molecule has 1 aliphatic rings. The van der Waals surface area contributed by atoms with E-state index in [1.807, 2.05) is 30.5 Å². The van der Waals surface area contributed by atoms with Crippen LogP contribution in [0.5, 0.6) is 0 Å². The molecule has 1 fully saturated rings. The van der Waals surface area contributed by atoms with Crippen molar-refractivity contribution in [1.29, 1.82) is 0 Å². The maximum absolute atomic E-state index is 11.9. The summed E-state index contributed by atoms with van der Waals surface area (Å²) in [5, 5.41) is 4.37. The fourth-order valence-corrected chi connectivity index (χ4v) is 2.36. The van der Waals surface area contributed by atoms with Gasteiger partial charge in [0.05, 0.1) is 11.7 Å². The molecule has 2 heterocycles. The first kappa shape index (κ1) is 12.1. The van der Waals surface area contributed by atoms with Gasteiger partial charge in [-0.25, -0.2) is 0 Å². The lowest BCUT2D eigenvalue weighted by Gasteiger charge is -2.30. The van der Waals surface area contributed by atoms with Gasteiger partial charge in [0.2, 0.25) is 5.91 Å². The Morgan fingerprint density at radius 3 is 2.76 bits per heavy atom. The number of piperidine rings is 1. The summed E-state index contributed by atoms with van der Waals surface area (Å²) >= 11 is 0. The van der Waals surface area contributed by atoms with Gasteiger partial charge in [-0.15, -0.1) is 0 Å². The number of likely N-dealkylation sites (tertiary alicyclic amines) is 1. The molecule has 1 atom stereocenters. The number of rotatable bonds is 2. The average molecular weight is 236 g/mol. The monoisotopic (exact) mass is 236 g/mol. The summed E-state index contributed by atoms with van der Waals surface area (Å²) in [6, 6.07) is -0.318. The topological polar surface area (TPSA) is 64.2 Å². The van der Waals surface area contributed by atoms with Crippen LogP contribution in [0.1, 0.15) is 29.8 Å². The molecule has 2 rings (SSSR count). The predicted molar refractivity (Wildman–Crippen MR) is 65.3 cm³/mol. The number of carbonyl (C=O) groups excluding carboxylic acids is 1. The molecule has 17 heavy (non-hydrogen) atoms. The highest BCUT2D eigenvalue weighted by Crippen LogP contribution is 2.18. The van der Waals surface area contributed by atoms with Gasteiger partial charge < -0.3 is 10.6 Å². The Kier molecular flexibility index (Phi) is 3.19. The van der Waals surface area contributed by atoms with E-state index in [9.17, 15) is 4.79 Å². The molecule has 1 aromatic rings. The zero-order chi connectivity index (χ0) is 12.6. The summed E-state index contributed by atoms with van der Waals surface area (Å²) in [5.74, 6) is 0.0684. The Balaban J connectivity index is 2.17. The van der Waals surface area contributed by atoms with Crippen molar-refractivity contribution in [1.82, 2.24) is 14.7 Å². The van der Waals surface area contributed by atoms with Gasteiger partial charge in [-0.2, -0.15) is 5.10 Å². The number of hydrogen-bond donors (Lipinski definition) is 1. The minimum absolute atomic E-state index is 0.0684. The van der Waals surface area contributed by atoms with Crippen molar-refractivity contribution >= 4 is 5.91 Å². The number of aromatic nitrogens is 2. The summed E-state index contributed by atoms with van der Waals surface area (Å²) in [5.41, 5.74) is 9.06. The van der Waals surface area contributed by atoms with Crippen LogP contribution in [0.4, 0.5) is 0 Å². The third-order valence-electron chi connectivity index (χ3n) is 3.58. The standard InChI is InChI=1S/C12H20N4O/c1-8-10(9(2)15(3)14-8)7-16-6-4-5-11(13)12(16)17/h11H,4-7,13H2,1-3H3. The van der Waals surface area contributed by atoms with Crippen LogP contribution in [-0.4, -0.2) is 33.2 Å². The molecule has 5 heteroatoms. The molecular formula is C12H20N4O. The van der Waals surface area contributed by atoms with Gasteiger partial charge in [-0.05, 0) is 26.7 Å². The molecule has 0 bridgehead atoms. The molecule has 1 aromatic heterocycles. The molecule has 5 nitrogen and oxygen atoms in total. The Bertz CT molecular complexity index is 438. The van der Waals surface area contributed by atoms with Crippen LogP contribution < -0.4 is 5.73 Å². The van der Waals surface area contributed by atoms with Gasteiger partial charge in [-0.3, -0.25) is 9.48 Å². The van der Waals surface area contributed by atoms with Crippen molar-refractivity contribution in [2.24, 2.45) is 12.8 Å². The predicted octanol–water partition coefficient (Wildman–Crippen LogP) is 0.487. The minimum Gasteiger partial charge on any atom is -0.337 e. The highest BCUT2D eigenvalue weighted by molar-refractivity contribution is 5.82. The van der Waals surface area contributed by atoms with Crippen molar-refractivity contribution in [2.45, 2.75) is 39.3 Å². The zero-order valence-corrected chi connectivity index (χ0v) is 10.7. The molecule has 0 saturated carbocycles. The zero-order valence-electron chi connectivity index (χ0n) is 10.7. The SMILES string of the molecule is Cc1nn(C)c(C)c1CN1CCCC(N)C1=O. The number of nitrogens with two attached hydrogens (primary N) is 1. The van der Waals surface area contributed by atoms with E-state index in [4.69, 9.17) is 5.73 Å². The first-order chi connectivity index (χ1) is 8.00. The van der Waals surface area contributed by atoms with Crippen LogP contribution in [0.2, 0.25) is 0 Å². The molecule has 1 amide bonds. The number of carbonyl (C=O) groups is 1. The quantitative estimate of drug-likeness (QED) is 0.812. The van der Waals surface area contributed by atoms with Crippen molar-refractivity contribution in [2.75, 3.05) is 6.54 Å². The first-order valence-corrected chi connectivity index (χ1v) is 6.04. The van der Waals surface area contributed by atoms with Crippen molar-refractivity contribution in [3.05, 3.63) is 17.0 Å². The number of aryl methyl sites for hydroxylation is 2. The fraction of sp³-hybridized carbons (Fsp3) is 0.667. The first-order valence-electron chi connectivity index (χ1n) is 6.04. The molecule has 94 valence electrons. The molecule has 0 aliphatic carbocycles. The molecule has 1 saturated heterocycles. The molecule has 2 N–H and O–H groups in total. The van der Waals surface area contributed by atoms with E-state index in [0.29, 0.717) is 6.54 Å². The Labute approximate surface area is 102 Å². The summed E-state index contributed by atoms with van der Waals surface area (Å²) in [6.07, 6.45) is 1.80. The van der Waals surface area contributed by atoms with Gasteiger partial charge >= 0.3 is 0 Å². The number of hydrogen-bond acceptors (Lipinski definition) is 3. The van der Waals surface area contributed by atoms with Gasteiger partial charge in [0, 0.05) is 31.4 Å². The lowest BCUT2D eigenvalue weighted by Crippen LogP contribution is -2.47. The summed E-state index contributed by atoms with van der Waals surface area (Å²) in [4.78, 5) is 13.8. The van der Waals surface area contributed by atoms with E-state index >= 15 is 0 Å². The van der Waals surface area contributed by atoms with Crippen LogP contribution in [-0.2, 0) is 18.4 Å². The lowest BCUT2D eigenvalue weighted by atomic mass is 10.0. The Hall–Kier alpha value is -1.36. The van der Waals surface area contributed by atoms with E-state index in [-0.39, 0.29) is 11.9 Å². The van der Waals surface area contributed by atoms with Crippen LogP contribution in [0.3, 0.4) is 0 Å². The molecular weight excluding hydrogens is 216 g/mol. The van der Waals surface area contributed by atoms with Crippen molar-refractivity contribution in [3.63, 3.8) is 0 Å². The Morgan fingerprint density at radius 2 is 2.18 bits per heavy atom. The van der Waals surface area contributed by atoms with Crippen LogP contribution >= 0.6 is 0 Å². The number of amides is 1. The molecule has 0 aromatic carbocycles. The largest absolute Gasteiger partial charge is 0.337 e. The second-order valence-electron chi connectivity index (χ2n) is 4.78. The third-order valence-corrected chi connectivity index (χ3v) is 3.58. The normalized spacial score (nSPS) is 21.1. The van der Waals surface area contributed by atoms with Gasteiger partial charge in [0.1, 0.15) is 0 Å². The second kappa shape index (κ2) is 4.49. The molecule has 1 unspecified atom stereocenters. The maximum atomic E-state index is 11.9. The van der Waals surface area contributed by atoms with E-state index < -0.39 is 0 Å². The molecule has 0 radical (unpaired) electrons. The minimum atomic E-state index is -0.318. The summed E-state index contributed by atoms with van der Waals surface area (Å²) in [7, 11) is 1.93. The van der Waals surface area contributed by atoms with Gasteiger partial charge in [-0.1, -0.05) is 0 Å². The van der Waals surface area contributed by atoms with Crippen LogP contribution in [0.15, 0.2) is 0 Å². The van der Waals surface area contributed by atoms with Crippen LogP contribution in [0, 0.1) is 13.8 Å². The summed E-state index contributed by atoms with van der Waals surface area (Å²) in [6.45, 7) is 5.46. The Morgan fingerprint density at radius 1 is 1.47 bits per heavy atom. The van der Waals surface area contributed by atoms with Crippen molar-refractivity contribution in [3.8, 4) is 0 Å². The second-order valence-corrected chi connectivity index (χ2v) is 4.78. The smallest absolute Gasteiger partial charge is 0.239 e. The highest BCUT2D eigenvalue weighted by Gasteiger charge is 2.26. The fourth-order valence-electron chi connectivity index (χ4n) is 2.36. The van der Waals surface area contributed by atoms with E-state index in [1.54, 1.807) is 0 Å².